The van der Waals surface area contributed by atoms with E-state index in [4.69, 9.17) is 0 Å². The first kappa shape index (κ1) is 14.2. The Morgan fingerprint density at radius 2 is 2.12 bits per heavy atom. The average molecular weight is 237 g/mol. The molecule has 1 aromatic rings. The predicted octanol–water partition coefficient (Wildman–Crippen LogP) is 3.38. The summed E-state index contributed by atoms with van der Waals surface area (Å²) in [6.07, 6.45) is 7.03. The van der Waals surface area contributed by atoms with Crippen molar-refractivity contribution in [3.05, 3.63) is 18.0 Å². The fourth-order valence-electron chi connectivity index (χ4n) is 2.57. The summed E-state index contributed by atoms with van der Waals surface area (Å²) >= 11 is 0. The first-order valence-electron chi connectivity index (χ1n) is 6.97. The molecule has 1 N–H and O–H groups in total. The minimum Gasteiger partial charge on any atom is -0.311 e. The topological polar surface area (TPSA) is 29.9 Å². The van der Waals surface area contributed by atoms with Gasteiger partial charge in [-0.1, -0.05) is 33.1 Å². The number of hydrogen-bond donors (Lipinski definition) is 1. The summed E-state index contributed by atoms with van der Waals surface area (Å²) < 4.78 is 2.11. The number of aromatic nitrogens is 2. The third-order valence-corrected chi connectivity index (χ3v) is 3.60. The highest BCUT2D eigenvalue weighted by Crippen LogP contribution is 2.28. The summed E-state index contributed by atoms with van der Waals surface area (Å²) in [4.78, 5) is 0. The largest absolute Gasteiger partial charge is 0.311 e. The Bertz CT molecular complexity index is 306. The number of nitrogens with one attached hydrogen (secondary N) is 1. The van der Waals surface area contributed by atoms with Crippen molar-refractivity contribution in [2.45, 2.75) is 59.0 Å². The van der Waals surface area contributed by atoms with Crippen LogP contribution in [0.15, 0.2) is 12.3 Å². The van der Waals surface area contributed by atoms with Crippen LogP contribution in [0.4, 0.5) is 0 Å². The molecule has 0 bridgehead atoms. The number of unbranched alkanes of at least 4 members (excludes halogenated alkanes) is 1. The number of hydrogen-bond acceptors (Lipinski definition) is 2. The Morgan fingerprint density at radius 3 is 2.65 bits per heavy atom. The van der Waals surface area contributed by atoms with Gasteiger partial charge in [-0.25, -0.2) is 0 Å². The molecule has 0 saturated carbocycles. The summed E-state index contributed by atoms with van der Waals surface area (Å²) in [5.41, 5.74) is 1.33. The molecule has 0 aliphatic rings. The quantitative estimate of drug-likeness (QED) is 0.751. The lowest BCUT2D eigenvalue weighted by molar-refractivity contribution is 0.322. The Hall–Kier alpha value is -0.830. The van der Waals surface area contributed by atoms with Gasteiger partial charge < -0.3 is 5.32 Å². The van der Waals surface area contributed by atoms with Crippen molar-refractivity contribution in [2.24, 2.45) is 5.92 Å². The van der Waals surface area contributed by atoms with E-state index in [0.717, 1.165) is 6.54 Å². The molecule has 0 radical (unpaired) electrons. The molecule has 0 aliphatic heterocycles. The first-order chi connectivity index (χ1) is 8.28. The van der Waals surface area contributed by atoms with Crippen LogP contribution in [0.2, 0.25) is 0 Å². The first-order valence-corrected chi connectivity index (χ1v) is 6.97. The lowest BCUT2D eigenvalue weighted by Crippen LogP contribution is -2.27. The van der Waals surface area contributed by atoms with Gasteiger partial charge in [0.15, 0.2) is 0 Å². The zero-order chi connectivity index (χ0) is 12.7. The van der Waals surface area contributed by atoms with E-state index in [9.17, 15) is 0 Å². The van der Waals surface area contributed by atoms with E-state index in [2.05, 4.69) is 49.0 Å². The van der Waals surface area contributed by atoms with E-state index >= 15 is 0 Å². The molecule has 0 amide bonds. The highest BCUT2D eigenvalue weighted by atomic mass is 15.3. The van der Waals surface area contributed by atoms with Gasteiger partial charge in [0, 0.05) is 12.7 Å². The Balaban J connectivity index is 2.81. The van der Waals surface area contributed by atoms with Gasteiger partial charge in [0.05, 0.1) is 11.7 Å². The molecule has 3 nitrogen and oxygen atoms in total. The van der Waals surface area contributed by atoms with Crippen LogP contribution in [0, 0.1) is 5.92 Å². The molecule has 1 heterocycles. The van der Waals surface area contributed by atoms with Crippen LogP contribution in [0.5, 0.6) is 0 Å². The molecule has 2 unspecified atom stereocenters. The smallest absolute Gasteiger partial charge is 0.0556 e. The van der Waals surface area contributed by atoms with Gasteiger partial charge in [0.25, 0.3) is 0 Å². The van der Waals surface area contributed by atoms with Gasteiger partial charge in [0.2, 0.25) is 0 Å². The van der Waals surface area contributed by atoms with Gasteiger partial charge in [-0.05, 0) is 32.4 Å². The zero-order valence-corrected chi connectivity index (χ0v) is 11.7. The molecule has 0 fully saturated rings. The van der Waals surface area contributed by atoms with Crippen molar-refractivity contribution >= 4 is 0 Å². The second-order valence-corrected chi connectivity index (χ2v) is 4.65. The molecule has 1 rings (SSSR count). The van der Waals surface area contributed by atoms with Gasteiger partial charge in [-0.3, -0.25) is 4.68 Å². The van der Waals surface area contributed by atoms with E-state index in [0.29, 0.717) is 12.0 Å². The van der Waals surface area contributed by atoms with Gasteiger partial charge in [0.1, 0.15) is 0 Å². The van der Waals surface area contributed by atoms with E-state index in [-0.39, 0.29) is 0 Å². The summed E-state index contributed by atoms with van der Waals surface area (Å²) in [6.45, 7) is 7.65. The van der Waals surface area contributed by atoms with E-state index in [1.54, 1.807) is 0 Å². The van der Waals surface area contributed by atoms with Crippen molar-refractivity contribution in [1.29, 1.82) is 0 Å². The Kier molecular flexibility index (Phi) is 6.27. The SMILES string of the molecule is CCCCC(CC)C(NC)c1ccnn1CC. The maximum Gasteiger partial charge on any atom is 0.0556 e. The summed E-state index contributed by atoms with van der Waals surface area (Å²) in [7, 11) is 2.06. The van der Waals surface area contributed by atoms with E-state index < -0.39 is 0 Å². The Morgan fingerprint density at radius 1 is 1.35 bits per heavy atom. The fourth-order valence-corrected chi connectivity index (χ4v) is 2.57. The molecule has 2 atom stereocenters. The van der Waals surface area contributed by atoms with Crippen molar-refractivity contribution in [1.82, 2.24) is 15.1 Å². The molecule has 0 saturated heterocycles. The van der Waals surface area contributed by atoms with Crippen LogP contribution in [-0.4, -0.2) is 16.8 Å². The van der Waals surface area contributed by atoms with Crippen LogP contribution >= 0.6 is 0 Å². The average Bonchev–Trinajstić information content (AvgIpc) is 2.82. The van der Waals surface area contributed by atoms with Crippen molar-refractivity contribution in [3.8, 4) is 0 Å². The van der Waals surface area contributed by atoms with Crippen molar-refractivity contribution < 1.29 is 0 Å². The molecular weight excluding hydrogens is 210 g/mol. The summed E-state index contributed by atoms with van der Waals surface area (Å²) in [5.74, 6) is 0.710. The maximum absolute atomic E-state index is 4.38. The maximum atomic E-state index is 4.38. The number of nitrogens with zero attached hydrogens (tertiary/aromatic N) is 2. The van der Waals surface area contributed by atoms with Crippen LogP contribution in [0.1, 0.15) is 58.2 Å². The highest BCUT2D eigenvalue weighted by molar-refractivity contribution is 5.08. The highest BCUT2D eigenvalue weighted by Gasteiger charge is 2.22. The van der Waals surface area contributed by atoms with Crippen LogP contribution < -0.4 is 5.32 Å². The lowest BCUT2D eigenvalue weighted by Gasteiger charge is -2.26. The molecule has 17 heavy (non-hydrogen) atoms. The van der Waals surface area contributed by atoms with Gasteiger partial charge >= 0.3 is 0 Å². The predicted molar refractivity (Wildman–Crippen MR) is 73.0 cm³/mol. The number of aryl methyl sites for hydroxylation is 1. The minimum atomic E-state index is 0.439. The third-order valence-electron chi connectivity index (χ3n) is 3.60. The second-order valence-electron chi connectivity index (χ2n) is 4.65. The van der Waals surface area contributed by atoms with Crippen molar-refractivity contribution in [3.63, 3.8) is 0 Å². The fraction of sp³-hybridized carbons (Fsp3) is 0.786. The monoisotopic (exact) mass is 237 g/mol. The lowest BCUT2D eigenvalue weighted by atomic mass is 9.89. The van der Waals surface area contributed by atoms with Crippen LogP contribution in [0.3, 0.4) is 0 Å². The molecule has 0 aliphatic carbocycles. The summed E-state index contributed by atoms with van der Waals surface area (Å²) in [5, 5.41) is 7.86. The molecule has 1 aromatic heterocycles. The second kappa shape index (κ2) is 7.49. The Labute approximate surface area is 106 Å². The summed E-state index contributed by atoms with van der Waals surface area (Å²) in [6, 6.07) is 2.59. The van der Waals surface area contributed by atoms with E-state index in [1.165, 1.54) is 31.4 Å². The van der Waals surface area contributed by atoms with Gasteiger partial charge in [-0.2, -0.15) is 5.10 Å². The van der Waals surface area contributed by atoms with Gasteiger partial charge in [-0.15, -0.1) is 0 Å². The standard InChI is InChI=1S/C14H27N3/c1-5-8-9-12(6-2)14(15-4)13-10-11-16-17(13)7-3/h10-12,14-15H,5-9H2,1-4H3. The molecule has 3 heteroatoms. The molecule has 0 spiro atoms. The molecule has 0 aromatic carbocycles. The number of rotatable bonds is 8. The van der Waals surface area contributed by atoms with E-state index in [1.807, 2.05) is 6.20 Å². The molecular formula is C14H27N3. The van der Waals surface area contributed by atoms with Crippen LogP contribution in [-0.2, 0) is 6.54 Å². The van der Waals surface area contributed by atoms with Crippen LogP contribution in [0.25, 0.3) is 0 Å². The normalized spacial score (nSPS) is 14.8. The third kappa shape index (κ3) is 3.56. The minimum absolute atomic E-state index is 0.439. The van der Waals surface area contributed by atoms with Crippen molar-refractivity contribution in [2.75, 3.05) is 7.05 Å². The molecule has 98 valence electrons. The zero-order valence-electron chi connectivity index (χ0n) is 11.7.